The Morgan fingerprint density at radius 2 is 1.74 bits per heavy atom. The van der Waals surface area contributed by atoms with E-state index in [2.05, 4.69) is 26.6 Å². The summed E-state index contributed by atoms with van der Waals surface area (Å²) in [5.74, 6) is 0.870. The third-order valence-corrected chi connectivity index (χ3v) is 10.4. The van der Waals surface area contributed by atoms with Gasteiger partial charge in [-0.2, -0.15) is 0 Å². The molecule has 0 radical (unpaired) electrons. The number of nitrogens with one attached hydrogen (secondary N) is 2. The molecule has 1 unspecified atom stereocenters. The molecule has 1 atom stereocenters. The second kappa shape index (κ2) is 18.9. The normalized spacial score (nSPS) is 23.1. The Hall–Kier alpha value is -3.05. The largest absolute Gasteiger partial charge is 0.378 e. The second-order valence-electron chi connectivity index (χ2n) is 13.6. The summed E-state index contributed by atoms with van der Waals surface area (Å²) in [6.45, 7) is 3.99. The number of amides is 4. The van der Waals surface area contributed by atoms with Gasteiger partial charge in [-0.05, 0) is 87.7 Å². The molecule has 11 nitrogen and oxygen atoms in total. The number of likely N-dealkylation sites (tertiary alicyclic amines) is 2. The molecule has 5 aliphatic rings. The molecule has 3 heterocycles. The van der Waals surface area contributed by atoms with Crippen molar-refractivity contribution in [2.45, 2.75) is 114 Å². The topological polar surface area (TPSA) is 147 Å². The first-order valence-electron chi connectivity index (χ1n) is 17.6. The summed E-state index contributed by atoms with van der Waals surface area (Å²) in [6, 6.07) is 5.27. The van der Waals surface area contributed by atoms with E-state index < -0.39 is 0 Å². The summed E-state index contributed by atoms with van der Waals surface area (Å²) in [5.41, 5.74) is 6.74. The third kappa shape index (κ3) is 11.0. The standard InChI is InChI=1S/C18H30N2O2.C12H14N2O.C5H12N2O2/c21-14-20-12-10-18(11-13-20)8-6-15(7-9-18)17(22)19-16-4-2-1-3-5-16;15-12-6-5-11(14(12)10-3-4-10)9-2-1-7-13-8-9;6-1-3-9-4-2-7-5-8/h14-16H,1-13H2,(H,19,22);1-2,7-8,10-11H,3-6H2;5H,1-4,6H2,(H,7,8). The van der Waals surface area contributed by atoms with Crippen LogP contribution in [0.2, 0.25) is 0 Å². The lowest BCUT2D eigenvalue weighted by Gasteiger charge is -2.45. The highest BCUT2D eigenvalue weighted by Crippen LogP contribution is 2.46. The SMILES string of the molecule is NCCOCCNC=O.O=C1CCC(c2cccnc2)N1C1CC1.O=CN1CCC2(CCC(C(=O)NC3CCCCC3)CC2)CC1. The smallest absolute Gasteiger partial charge is 0.223 e. The molecule has 5 fully saturated rings. The Labute approximate surface area is 274 Å². The fourth-order valence-electron chi connectivity index (χ4n) is 7.45. The highest BCUT2D eigenvalue weighted by Gasteiger charge is 2.42. The molecular formula is C35H56N6O5. The molecule has 46 heavy (non-hydrogen) atoms. The van der Waals surface area contributed by atoms with Gasteiger partial charge in [0.2, 0.25) is 24.6 Å². The molecule has 3 saturated carbocycles. The molecule has 4 N–H and O–H groups in total. The number of rotatable bonds is 11. The number of nitrogens with two attached hydrogens (primary N) is 1. The number of carbonyl (C=O) groups excluding carboxylic acids is 4. The second-order valence-corrected chi connectivity index (χ2v) is 13.6. The van der Waals surface area contributed by atoms with Crippen LogP contribution >= 0.6 is 0 Å². The highest BCUT2D eigenvalue weighted by atomic mass is 16.5. The van der Waals surface area contributed by atoms with E-state index in [4.69, 9.17) is 10.5 Å². The molecule has 2 aliphatic heterocycles. The van der Waals surface area contributed by atoms with Crippen LogP contribution in [-0.4, -0.2) is 90.9 Å². The van der Waals surface area contributed by atoms with Crippen LogP contribution in [0.4, 0.5) is 0 Å². The number of ether oxygens (including phenoxy) is 1. The Balaban J connectivity index is 0.000000173. The van der Waals surface area contributed by atoms with E-state index in [9.17, 15) is 19.2 Å². The van der Waals surface area contributed by atoms with E-state index >= 15 is 0 Å². The number of piperidine rings is 1. The van der Waals surface area contributed by atoms with Crippen molar-refractivity contribution >= 4 is 24.6 Å². The predicted molar refractivity (Wildman–Crippen MR) is 176 cm³/mol. The van der Waals surface area contributed by atoms with E-state index in [-0.39, 0.29) is 5.92 Å². The molecule has 6 rings (SSSR count). The molecule has 1 spiro atoms. The fraction of sp³-hybridized carbons (Fsp3) is 0.743. The van der Waals surface area contributed by atoms with Crippen LogP contribution in [0.1, 0.15) is 108 Å². The van der Waals surface area contributed by atoms with Gasteiger partial charge in [0, 0.05) is 63.0 Å². The van der Waals surface area contributed by atoms with Crippen LogP contribution in [0.3, 0.4) is 0 Å². The average Bonchev–Trinajstić information content (AvgIpc) is 3.87. The number of aromatic nitrogens is 1. The van der Waals surface area contributed by atoms with E-state index in [1.165, 1.54) is 63.4 Å². The minimum Gasteiger partial charge on any atom is -0.378 e. The lowest BCUT2D eigenvalue weighted by atomic mass is 9.65. The van der Waals surface area contributed by atoms with Crippen molar-refractivity contribution in [1.82, 2.24) is 25.4 Å². The quantitative estimate of drug-likeness (QED) is 0.248. The maximum atomic E-state index is 12.5. The number of nitrogens with zero attached hydrogens (tertiary/aromatic N) is 3. The summed E-state index contributed by atoms with van der Waals surface area (Å²) >= 11 is 0. The Kier molecular flexibility index (Phi) is 14.7. The molecule has 3 aliphatic carbocycles. The molecule has 4 amide bonds. The summed E-state index contributed by atoms with van der Waals surface area (Å²) in [5, 5.41) is 5.76. The van der Waals surface area contributed by atoms with Crippen molar-refractivity contribution in [1.29, 1.82) is 0 Å². The van der Waals surface area contributed by atoms with Crippen LogP contribution < -0.4 is 16.4 Å². The van der Waals surface area contributed by atoms with E-state index in [1.54, 1.807) is 6.20 Å². The molecular weight excluding hydrogens is 584 g/mol. The van der Waals surface area contributed by atoms with Gasteiger partial charge in [-0.3, -0.25) is 24.2 Å². The van der Waals surface area contributed by atoms with Crippen molar-refractivity contribution < 1.29 is 23.9 Å². The minimum atomic E-state index is 0.233. The lowest BCUT2D eigenvalue weighted by molar-refractivity contribution is -0.130. The van der Waals surface area contributed by atoms with Gasteiger partial charge in [0.1, 0.15) is 0 Å². The number of carbonyl (C=O) groups is 4. The van der Waals surface area contributed by atoms with Crippen LogP contribution in [0.5, 0.6) is 0 Å². The fourth-order valence-corrected chi connectivity index (χ4v) is 7.45. The van der Waals surface area contributed by atoms with Crippen molar-refractivity contribution in [3.63, 3.8) is 0 Å². The van der Waals surface area contributed by atoms with Gasteiger partial charge in [0.25, 0.3) is 0 Å². The Morgan fingerprint density at radius 1 is 1.00 bits per heavy atom. The lowest BCUT2D eigenvalue weighted by Crippen LogP contribution is -2.45. The van der Waals surface area contributed by atoms with Gasteiger partial charge in [-0.25, -0.2) is 0 Å². The van der Waals surface area contributed by atoms with Gasteiger partial charge in [-0.1, -0.05) is 25.3 Å². The van der Waals surface area contributed by atoms with Crippen LogP contribution in [0, 0.1) is 11.3 Å². The van der Waals surface area contributed by atoms with Crippen molar-refractivity contribution in [3.8, 4) is 0 Å². The zero-order valence-corrected chi connectivity index (χ0v) is 27.6. The first-order valence-corrected chi connectivity index (χ1v) is 17.6. The van der Waals surface area contributed by atoms with Crippen molar-refractivity contribution in [3.05, 3.63) is 30.1 Å². The summed E-state index contributed by atoms with van der Waals surface area (Å²) in [4.78, 5) is 52.8. The Morgan fingerprint density at radius 3 is 2.35 bits per heavy atom. The third-order valence-electron chi connectivity index (χ3n) is 10.4. The molecule has 11 heteroatoms. The monoisotopic (exact) mass is 640 g/mol. The average molecular weight is 641 g/mol. The van der Waals surface area contributed by atoms with Gasteiger partial charge in [-0.15, -0.1) is 0 Å². The molecule has 2 saturated heterocycles. The predicted octanol–water partition coefficient (Wildman–Crippen LogP) is 3.48. The van der Waals surface area contributed by atoms with E-state index in [0.29, 0.717) is 74.5 Å². The first kappa shape index (κ1) is 35.8. The molecule has 0 aromatic carbocycles. The van der Waals surface area contributed by atoms with Gasteiger partial charge < -0.3 is 30.9 Å². The van der Waals surface area contributed by atoms with E-state index in [0.717, 1.165) is 51.6 Å². The summed E-state index contributed by atoms with van der Waals surface area (Å²) in [6.07, 6.45) is 22.2. The molecule has 0 bridgehead atoms. The van der Waals surface area contributed by atoms with Gasteiger partial charge in [0.15, 0.2) is 0 Å². The highest BCUT2D eigenvalue weighted by molar-refractivity contribution is 5.80. The van der Waals surface area contributed by atoms with Gasteiger partial charge >= 0.3 is 0 Å². The zero-order chi connectivity index (χ0) is 32.6. The van der Waals surface area contributed by atoms with E-state index in [1.807, 2.05) is 17.2 Å². The number of hydrogen-bond donors (Lipinski definition) is 3. The summed E-state index contributed by atoms with van der Waals surface area (Å²) in [7, 11) is 0. The van der Waals surface area contributed by atoms with Gasteiger partial charge in [0.05, 0.1) is 19.3 Å². The minimum absolute atomic E-state index is 0.233. The van der Waals surface area contributed by atoms with Crippen molar-refractivity contribution in [2.24, 2.45) is 17.1 Å². The Bertz CT molecular complexity index is 1060. The van der Waals surface area contributed by atoms with Crippen LogP contribution in [0.15, 0.2) is 24.5 Å². The molecule has 1 aromatic rings. The zero-order valence-electron chi connectivity index (χ0n) is 27.6. The number of hydrogen-bond acceptors (Lipinski definition) is 7. The maximum Gasteiger partial charge on any atom is 0.223 e. The molecule has 256 valence electrons. The van der Waals surface area contributed by atoms with Crippen LogP contribution in [-0.2, 0) is 23.9 Å². The maximum absolute atomic E-state index is 12.5. The summed E-state index contributed by atoms with van der Waals surface area (Å²) < 4.78 is 4.94. The van der Waals surface area contributed by atoms with Crippen molar-refractivity contribution in [2.75, 3.05) is 39.4 Å². The first-order chi connectivity index (χ1) is 22.5. The molecule has 1 aromatic heterocycles. The van der Waals surface area contributed by atoms with Crippen LogP contribution in [0.25, 0.3) is 0 Å². The number of pyridine rings is 1.